The van der Waals surface area contributed by atoms with Gasteiger partial charge in [0.1, 0.15) is 0 Å². The summed E-state index contributed by atoms with van der Waals surface area (Å²) >= 11 is 5.37. The molecule has 0 aliphatic heterocycles. The van der Waals surface area contributed by atoms with Crippen LogP contribution >= 0.6 is 27.3 Å². The minimum atomic E-state index is 1.05. The smallest absolute Gasteiger partial charge is 0.0356 e. The summed E-state index contributed by atoms with van der Waals surface area (Å²) in [7, 11) is 1.99. The molecule has 1 aromatic carbocycles. The molecule has 0 amide bonds. The summed E-state index contributed by atoms with van der Waals surface area (Å²) in [5.41, 5.74) is 0. The van der Waals surface area contributed by atoms with Crippen LogP contribution in [-0.4, -0.2) is 13.6 Å². The SMILES string of the molecule is CNCCc1cc2ccc(Br)cc2s1. The summed E-state index contributed by atoms with van der Waals surface area (Å²) in [5.74, 6) is 0. The second-order valence-electron chi connectivity index (χ2n) is 3.25. The van der Waals surface area contributed by atoms with Gasteiger partial charge in [-0.15, -0.1) is 11.3 Å². The molecule has 0 aliphatic rings. The van der Waals surface area contributed by atoms with E-state index in [2.05, 4.69) is 45.5 Å². The molecule has 1 heterocycles. The van der Waals surface area contributed by atoms with Crippen LogP contribution in [-0.2, 0) is 6.42 Å². The van der Waals surface area contributed by atoms with E-state index >= 15 is 0 Å². The second-order valence-corrected chi connectivity index (χ2v) is 5.33. The quantitative estimate of drug-likeness (QED) is 0.901. The fourth-order valence-corrected chi connectivity index (χ4v) is 3.05. The van der Waals surface area contributed by atoms with Gasteiger partial charge in [-0.1, -0.05) is 22.0 Å². The van der Waals surface area contributed by atoms with E-state index in [9.17, 15) is 0 Å². The van der Waals surface area contributed by atoms with Crippen LogP contribution in [0.25, 0.3) is 10.1 Å². The van der Waals surface area contributed by atoms with E-state index in [0.29, 0.717) is 0 Å². The molecule has 1 aromatic heterocycles. The number of benzene rings is 1. The second kappa shape index (κ2) is 4.43. The van der Waals surface area contributed by atoms with Gasteiger partial charge in [0.25, 0.3) is 0 Å². The Balaban J connectivity index is 2.32. The molecule has 0 unspecified atom stereocenters. The molecular formula is C11H12BrNS. The largest absolute Gasteiger partial charge is 0.319 e. The van der Waals surface area contributed by atoms with Gasteiger partial charge >= 0.3 is 0 Å². The minimum Gasteiger partial charge on any atom is -0.319 e. The maximum absolute atomic E-state index is 3.49. The number of likely N-dealkylation sites (N-methyl/N-ethyl adjacent to an activating group) is 1. The molecule has 3 heteroatoms. The Labute approximate surface area is 96.3 Å². The van der Waals surface area contributed by atoms with Crippen molar-refractivity contribution >= 4 is 37.4 Å². The number of rotatable bonds is 3. The maximum atomic E-state index is 3.49. The van der Waals surface area contributed by atoms with Gasteiger partial charge in [-0.05, 0) is 43.6 Å². The first kappa shape index (κ1) is 10.1. The first-order valence-electron chi connectivity index (χ1n) is 4.62. The van der Waals surface area contributed by atoms with Crippen LogP contribution in [0.4, 0.5) is 0 Å². The van der Waals surface area contributed by atoms with E-state index in [1.165, 1.54) is 15.0 Å². The Bertz CT molecular complexity index is 436. The van der Waals surface area contributed by atoms with E-state index in [4.69, 9.17) is 0 Å². The first-order chi connectivity index (χ1) is 6.79. The van der Waals surface area contributed by atoms with Crippen molar-refractivity contribution in [1.29, 1.82) is 0 Å². The Morgan fingerprint density at radius 3 is 3.00 bits per heavy atom. The number of nitrogens with one attached hydrogen (secondary N) is 1. The topological polar surface area (TPSA) is 12.0 Å². The summed E-state index contributed by atoms with van der Waals surface area (Å²) in [6, 6.07) is 8.72. The molecule has 1 N–H and O–H groups in total. The molecule has 14 heavy (non-hydrogen) atoms. The zero-order valence-corrected chi connectivity index (χ0v) is 10.4. The van der Waals surface area contributed by atoms with Gasteiger partial charge in [-0.25, -0.2) is 0 Å². The van der Waals surface area contributed by atoms with E-state index in [1.807, 2.05) is 18.4 Å². The van der Waals surface area contributed by atoms with Crippen LogP contribution in [0.2, 0.25) is 0 Å². The standard InChI is InChI=1S/C11H12BrNS/c1-13-5-4-10-6-8-2-3-9(12)7-11(8)14-10/h2-3,6-7,13H,4-5H2,1H3. The highest BCUT2D eigenvalue weighted by atomic mass is 79.9. The Morgan fingerprint density at radius 2 is 2.21 bits per heavy atom. The summed E-state index contributed by atoms with van der Waals surface area (Å²) < 4.78 is 2.53. The number of thiophene rings is 1. The monoisotopic (exact) mass is 269 g/mol. The third kappa shape index (κ3) is 2.16. The van der Waals surface area contributed by atoms with Crippen molar-refractivity contribution in [3.05, 3.63) is 33.6 Å². The molecule has 0 fully saturated rings. The zero-order chi connectivity index (χ0) is 9.97. The summed E-state index contributed by atoms with van der Waals surface area (Å²) in [4.78, 5) is 1.45. The summed E-state index contributed by atoms with van der Waals surface area (Å²) in [6.07, 6.45) is 1.12. The van der Waals surface area contributed by atoms with Crippen molar-refractivity contribution in [2.75, 3.05) is 13.6 Å². The molecule has 0 spiro atoms. The number of hydrogen-bond acceptors (Lipinski definition) is 2. The molecule has 74 valence electrons. The lowest BCUT2D eigenvalue weighted by Gasteiger charge is -1.93. The molecule has 0 saturated carbocycles. The molecule has 0 radical (unpaired) electrons. The average Bonchev–Trinajstić information content (AvgIpc) is 2.56. The fraction of sp³-hybridized carbons (Fsp3) is 0.273. The van der Waals surface area contributed by atoms with Crippen LogP contribution in [0.15, 0.2) is 28.7 Å². The number of fused-ring (bicyclic) bond motifs is 1. The first-order valence-corrected chi connectivity index (χ1v) is 6.23. The lowest BCUT2D eigenvalue weighted by molar-refractivity contribution is 0.799. The molecule has 0 aliphatic carbocycles. The van der Waals surface area contributed by atoms with Gasteiger partial charge in [0.2, 0.25) is 0 Å². The fourth-order valence-electron chi connectivity index (χ4n) is 1.43. The third-order valence-corrected chi connectivity index (χ3v) is 3.81. The van der Waals surface area contributed by atoms with Crippen LogP contribution in [0.3, 0.4) is 0 Å². The minimum absolute atomic E-state index is 1.05. The van der Waals surface area contributed by atoms with Gasteiger partial charge in [-0.3, -0.25) is 0 Å². The number of halogens is 1. The molecule has 2 rings (SSSR count). The lowest BCUT2D eigenvalue weighted by Crippen LogP contribution is -2.09. The molecule has 0 saturated heterocycles. The van der Waals surface area contributed by atoms with Crippen LogP contribution in [0, 0.1) is 0 Å². The van der Waals surface area contributed by atoms with Crippen LogP contribution in [0.5, 0.6) is 0 Å². The van der Waals surface area contributed by atoms with E-state index < -0.39 is 0 Å². The highest BCUT2D eigenvalue weighted by molar-refractivity contribution is 9.10. The molecule has 0 atom stereocenters. The van der Waals surface area contributed by atoms with Gasteiger partial charge in [-0.2, -0.15) is 0 Å². The number of hydrogen-bond donors (Lipinski definition) is 1. The van der Waals surface area contributed by atoms with Crippen molar-refractivity contribution in [3.8, 4) is 0 Å². The Kier molecular flexibility index (Phi) is 3.21. The van der Waals surface area contributed by atoms with Gasteiger partial charge in [0.15, 0.2) is 0 Å². The maximum Gasteiger partial charge on any atom is 0.0356 e. The van der Waals surface area contributed by atoms with E-state index in [-0.39, 0.29) is 0 Å². The lowest BCUT2D eigenvalue weighted by atomic mass is 10.2. The molecule has 1 nitrogen and oxygen atoms in total. The van der Waals surface area contributed by atoms with Gasteiger partial charge in [0.05, 0.1) is 0 Å². The van der Waals surface area contributed by atoms with Crippen LogP contribution in [0.1, 0.15) is 4.88 Å². The Hall–Kier alpha value is -0.380. The summed E-state index contributed by atoms with van der Waals surface area (Å²) in [5, 5.41) is 4.52. The highest BCUT2D eigenvalue weighted by Crippen LogP contribution is 2.28. The van der Waals surface area contributed by atoms with E-state index in [0.717, 1.165) is 17.4 Å². The summed E-state index contributed by atoms with van der Waals surface area (Å²) in [6.45, 7) is 1.05. The molecular weight excluding hydrogens is 258 g/mol. The molecule has 0 bridgehead atoms. The van der Waals surface area contributed by atoms with Crippen molar-refractivity contribution < 1.29 is 0 Å². The third-order valence-electron chi connectivity index (χ3n) is 2.15. The average molecular weight is 270 g/mol. The van der Waals surface area contributed by atoms with Gasteiger partial charge < -0.3 is 5.32 Å². The Morgan fingerprint density at radius 1 is 1.36 bits per heavy atom. The normalized spacial score (nSPS) is 11.0. The molecule has 2 aromatic rings. The van der Waals surface area contributed by atoms with Crippen molar-refractivity contribution in [3.63, 3.8) is 0 Å². The van der Waals surface area contributed by atoms with Crippen molar-refractivity contribution in [2.24, 2.45) is 0 Å². The van der Waals surface area contributed by atoms with Crippen molar-refractivity contribution in [1.82, 2.24) is 5.32 Å². The van der Waals surface area contributed by atoms with Crippen molar-refractivity contribution in [2.45, 2.75) is 6.42 Å². The predicted molar refractivity (Wildman–Crippen MR) is 67.2 cm³/mol. The highest BCUT2D eigenvalue weighted by Gasteiger charge is 2.01. The van der Waals surface area contributed by atoms with E-state index in [1.54, 1.807) is 0 Å². The van der Waals surface area contributed by atoms with Crippen LogP contribution < -0.4 is 5.32 Å². The zero-order valence-electron chi connectivity index (χ0n) is 8.01. The van der Waals surface area contributed by atoms with Gasteiger partial charge in [0, 0.05) is 14.0 Å². The predicted octanol–water partition coefficient (Wildman–Crippen LogP) is 3.43.